The number of rotatable bonds is 7. The van der Waals surface area contributed by atoms with E-state index in [1.165, 1.54) is 0 Å². The van der Waals surface area contributed by atoms with Crippen LogP contribution in [0.1, 0.15) is 35.2 Å². The molecule has 0 bridgehead atoms. The number of carbonyl (C=O) groups excluding carboxylic acids is 1. The summed E-state index contributed by atoms with van der Waals surface area (Å²) in [5.41, 5.74) is 9.61. The maximum atomic E-state index is 12.8. The molecular weight excluding hydrogens is 406 g/mol. The molecule has 0 spiro atoms. The van der Waals surface area contributed by atoms with Gasteiger partial charge in [-0.15, -0.1) is 0 Å². The second-order valence-corrected chi connectivity index (χ2v) is 8.20. The van der Waals surface area contributed by atoms with Crippen LogP contribution < -0.4 is 20.9 Å². The highest BCUT2D eigenvalue weighted by Crippen LogP contribution is 2.30. The van der Waals surface area contributed by atoms with Crippen LogP contribution in [0, 0.1) is 12.3 Å². The first-order chi connectivity index (χ1) is 14.1. The molecule has 7 N–H and O–H groups in total. The molecule has 9 nitrogen and oxygen atoms in total. The van der Waals surface area contributed by atoms with Gasteiger partial charge >= 0.3 is 0 Å². The van der Waals surface area contributed by atoms with Gasteiger partial charge < -0.3 is 15.5 Å². The number of anilines is 1. The molecule has 0 radical (unpaired) electrons. The second-order valence-electron chi connectivity index (χ2n) is 6.91. The van der Waals surface area contributed by atoms with Crippen LogP contribution in [-0.2, 0) is 21.4 Å². The molecule has 1 heterocycles. The van der Waals surface area contributed by atoms with Crippen molar-refractivity contribution in [2.75, 3.05) is 5.32 Å². The fourth-order valence-corrected chi connectivity index (χ4v) is 3.60. The Balaban J connectivity index is 2.07. The van der Waals surface area contributed by atoms with Gasteiger partial charge in [-0.2, -0.15) is 8.42 Å². The number of nitrogen functional groups attached to an aromatic ring is 1. The number of nitrogens with one attached hydrogen (secondary N) is 3. The van der Waals surface area contributed by atoms with Gasteiger partial charge in [-0.05, 0) is 66.4 Å². The van der Waals surface area contributed by atoms with E-state index in [1.807, 2.05) is 18.6 Å². The number of aryl methyl sites for hydroxylation is 2. The van der Waals surface area contributed by atoms with Crippen molar-refractivity contribution in [1.82, 2.24) is 4.72 Å². The highest BCUT2D eigenvalue weighted by atomic mass is 32.2. The van der Waals surface area contributed by atoms with E-state index >= 15 is 0 Å². The third-order valence-corrected chi connectivity index (χ3v) is 5.18. The van der Waals surface area contributed by atoms with E-state index in [9.17, 15) is 13.2 Å². The summed E-state index contributed by atoms with van der Waals surface area (Å²) in [6.07, 6.45) is 2.30. The number of amides is 1. The lowest BCUT2D eigenvalue weighted by atomic mass is 9.98. The zero-order valence-corrected chi connectivity index (χ0v) is 17.3. The van der Waals surface area contributed by atoms with E-state index < -0.39 is 22.2 Å². The topological polar surface area (TPSA) is 164 Å². The second kappa shape index (κ2) is 8.17. The van der Waals surface area contributed by atoms with Crippen molar-refractivity contribution in [3.05, 3.63) is 64.9 Å². The molecule has 1 amide bonds. The molecule has 0 aliphatic carbocycles. The molecule has 1 aromatic heterocycles. The lowest BCUT2D eigenvalue weighted by Gasteiger charge is -2.20. The van der Waals surface area contributed by atoms with Crippen LogP contribution in [0.5, 0.6) is 0 Å². The van der Waals surface area contributed by atoms with Crippen molar-refractivity contribution >= 4 is 38.6 Å². The van der Waals surface area contributed by atoms with Gasteiger partial charge in [-0.3, -0.25) is 10.2 Å². The number of furan rings is 1. The van der Waals surface area contributed by atoms with Gasteiger partial charge in [-0.25, -0.2) is 9.86 Å². The smallest absolute Gasteiger partial charge is 0.298 e. The molecule has 1 unspecified atom stereocenters. The van der Waals surface area contributed by atoms with E-state index in [0.29, 0.717) is 23.2 Å². The fraction of sp³-hybridized carbons (Fsp3) is 0.200. The van der Waals surface area contributed by atoms with Crippen molar-refractivity contribution in [2.45, 2.75) is 26.3 Å². The molecule has 30 heavy (non-hydrogen) atoms. The van der Waals surface area contributed by atoms with Crippen molar-refractivity contribution in [3.63, 3.8) is 0 Å². The Morgan fingerprint density at radius 1 is 1.23 bits per heavy atom. The minimum absolute atomic E-state index is 0.0847. The fourth-order valence-electron chi connectivity index (χ4n) is 3.20. The largest absolute Gasteiger partial charge is 0.464 e. The summed E-state index contributed by atoms with van der Waals surface area (Å²) in [6.45, 7) is 3.85. The molecule has 3 aromatic rings. The summed E-state index contributed by atoms with van der Waals surface area (Å²) in [4.78, 5) is 12.8. The van der Waals surface area contributed by atoms with Gasteiger partial charge in [0.05, 0.1) is 6.26 Å². The predicted molar refractivity (Wildman–Crippen MR) is 115 cm³/mol. The normalized spacial score (nSPS) is 12.5. The standard InChI is InChI=1S/C20H23N5O4S/c1-3-12-8-14(9-16-11(2)10-29-18(12)16)17(20(26)25-30(23,27)28)24-15-6-4-13(5-7-15)19(21)22/h4-10,17,24H,3H2,1-2H3,(H3,21,22)(H,25,26)(H2,23,27,28). The molecule has 158 valence electrons. The molecule has 0 aliphatic rings. The van der Waals surface area contributed by atoms with Crippen LogP contribution in [0.25, 0.3) is 11.0 Å². The first-order valence-corrected chi connectivity index (χ1v) is 10.7. The van der Waals surface area contributed by atoms with Gasteiger partial charge in [0.25, 0.3) is 16.1 Å². The van der Waals surface area contributed by atoms with Crippen LogP contribution in [0.15, 0.2) is 47.1 Å². The van der Waals surface area contributed by atoms with Gasteiger partial charge in [-0.1, -0.05) is 6.92 Å². The molecule has 10 heteroatoms. The summed E-state index contributed by atoms with van der Waals surface area (Å²) in [5.74, 6) is -0.908. The molecule has 2 aromatic carbocycles. The highest BCUT2D eigenvalue weighted by Gasteiger charge is 2.25. The van der Waals surface area contributed by atoms with E-state index in [-0.39, 0.29) is 5.84 Å². The zero-order valence-electron chi connectivity index (χ0n) is 16.5. The molecule has 1 atom stereocenters. The number of nitrogens with two attached hydrogens (primary N) is 2. The Hall–Kier alpha value is -3.37. The van der Waals surface area contributed by atoms with E-state index in [1.54, 1.807) is 42.7 Å². The summed E-state index contributed by atoms with van der Waals surface area (Å²) in [6, 6.07) is 9.09. The highest BCUT2D eigenvalue weighted by molar-refractivity contribution is 7.87. The summed E-state index contributed by atoms with van der Waals surface area (Å²) in [5, 5.41) is 16.4. The first-order valence-electron chi connectivity index (χ1n) is 9.15. The number of hydrogen-bond acceptors (Lipinski definition) is 6. The Morgan fingerprint density at radius 3 is 2.47 bits per heavy atom. The molecule has 0 saturated heterocycles. The molecule has 0 aliphatic heterocycles. The average molecular weight is 430 g/mol. The van der Waals surface area contributed by atoms with Crippen LogP contribution in [0.2, 0.25) is 0 Å². The Bertz CT molecular complexity index is 1220. The van der Waals surface area contributed by atoms with Crippen LogP contribution in [-0.4, -0.2) is 20.2 Å². The van der Waals surface area contributed by atoms with E-state index in [0.717, 1.165) is 22.1 Å². The van der Waals surface area contributed by atoms with Crippen molar-refractivity contribution < 1.29 is 17.6 Å². The SMILES string of the molecule is CCc1cc(C(Nc2ccc(C(=N)N)cc2)C(=O)NS(N)(=O)=O)cc2c(C)coc12. The third-order valence-electron chi connectivity index (χ3n) is 4.69. The quantitative estimate of drug-likeness (QED) is 0.285. The number of carbonyl (C=O) groups is 1. The van der Waals surface area contributed by atoms with E-state index in [4.69, 9.17) is 20.7 Å². The van der Waals surface area contributed by atoms with Gasteiger partial charge in [0.2, 0.25) is 0 Å². The number of amidine groups is 1. The Kier molecular flexibility index (Phi) is 5.81. The summed E-state index contributed by atoms with van der Waals surface area (Å²) < 4.78 is 30.4. The molecular formula is C20H23N5O4S. The number of benzene rings is 2. The van der Waals surface area contributed by atoms with Crippen LogP contribution in [0.4, 0.5) is 5.69 Å². The predicted octanol–water partition coefficient (Wildman–Crippen LogP) is 2.06. The minimum atomic E-state index is -4.24. The van der Waals surface area contributed by atoms with Crippen LogP contribution in [0.3, 0.4) is 0 Å². The maximum absolute atomic E-state index is 12.8. The Morgan fingerprint density at radius 2 is 1.90 bits per heavy atom. The van der Waals surface area contributed by atoms with Crippen molar-refractivity contribution in [1.29, 1.82) is 5.41 Å². The lowest BCUT2D eigenvalue weighted by Crippen LogP contribution is -2.41. The molecule has 3 rings (SSSR count). The zero-order chi connectivity index (χ0) is 22.1. The van der Waals surface area contributed by atoms with Crippen molar-refractivity contribution in [2.24, 2.45) is 10.9 Å². The minimum Gasteiger partial charge on any atom is -0.464 e. The van der Waals surface area contributed by atoms with Gasteiger partial charge in [0, 0.05) is 16.6 Å². The summed E-state index contributed by atoms with van der Waals surface area (Å²) >= 11 is 0. The first kappa shape index (κ1) is 21.3. The van der Waals surface area contributed by atoms with Crippen LogP contribution >= 0.6 is 0 Å². The van der Waals surface area contributed by atoms with Crippen molar-refractivity contribution in [3.8, 4) is 0 Å². The summed E-state index contributed by atoms with van der Waals surface area (Å²) in [7, 11) is -4.24. The van der Waals surface area contributed by atoms with E-state index in [2.05, 4.69) is 5.32 Å². The maximum Gasteiger partial charge on any atom is 0.298 e. The Labute approximate surface area is 174 Å². The molecule has 0 saturated carbocycles. The third kappa shape index (κ3) is 4.61. The molecule has 0 fully saturated rings. The van der Waals surface area contributed by atoms with Gasteiger partial charge in [0.1, 0.15) is 17.5 Å². The lowest BCUT2D eigenvalue weighted by molar-refractivity contribution is -0.120. The van der Waals surface area contributed by atoms with Gasteiger partial charge in [0.15, 0.2) is 0 Å². The number of fused-ring (bicyclic) bond motifs is 1. The monoisotopic (exact) mass is 429 g/mol. The number of hydrogen-bond donors (Lipinski definition) is 5. The average Bonchev–Trinajstić information content (AvgIpc) is 3.05.